The van der Waals surface area contributed by atoms with Crippen molar-refractivity contribution < 1.29 is 4.79 Å². The average Bonchev–Trinajstić information content (AvgIpc) is 2.15. The smallest absolute Gasteiger partial charge is 0.225 e. The van der Waals surface area contributed by atoms with Crippen molar-refractivity contribution in [3.05, 3.63) is 0 Å². The highest BCUT2D eigenvalue weighted by Gasteiger charge is 2.28. The fourth-order valence-electron chi connectivity index (χ4n) is 2.14. The predicted molar refractivity (Wildman–Crippen MR) is 59.4 cm³/mol. The van der Waals surface area contributed by atoms with Crippen molar-refractivity contribution in [2.45, 2.75) is 27.2 Å². The fraction of sp³-hybridized carbons (Fsp3) is 0.909. The molecule has 0 aromatic rings. The highest BCUT2D eigenvalue weighted by molar-refractivity contribution is 6.18. The molecule has 2 atom stereocenters. The Bertz CT molecular complexity index is 205. The molecule has 3 heteroatoms. The topological polar surface area (TPSA) is 20.3 Å². The molecule has 0 spiro atoms. The Kier molecular flexibility index (Phi) is 4.24. The van der Waals surface area contributed by atoms with Crippen molar-refractivity contribution in [2.24, 2.45) is 17.8 Å². The van der Waals surface area contributed by atoms with Crippen LogP contribution >= 0.6 is 11.6 Å². The van der Waals surface area contributed by atoms with Gasteiger partial charge in [-0.15, -0.1) is 11.6 Å². The van der Waals surface area contributed by atoms with E-state index >= 15 is 0 Å². The molecule has 1 rings (SSSR count). The summed E-state index contributed by atoms with van der Waals surface area (Å²) in [5.74, 6) is 2.13. The van der Waals surface area contributed by atoms with Crippen LogP contribution in [0.5, 0.6) is 0 Å². The van der Waals surface area contributed by atoms with E-state index in [1.54, 1.807) is 0 Å². The molecule has 2 unspecified atom stereocenters. The van der Waals surface area contributed by atoms with Gasteiger partial charge in [0.15, 0.2) is 0 Å². The number of halogens is 1. The summed E-state index contributed by atoms with van der Waals surface area (Å²) in [7, 11) is 0. The quantitative estimate of drug-likeness (QED) is 0.651. The summed E-state index contributed by atoms with van der Waals surface area (Å²) in [6, 6.07) is 0. The second-order valence-electron chi connectivity index (χ2n) is 4.76. The molecule has 0 aromatic carbocycles. The second-order valence-corrected chi connectivity index (χ2v) is 5.07. The molecule has 1 saturated heterocycles. The van der Waals surface area contributed by atoms with Crippen LogP contribution in [-0.2, 0) is 4.79 Å². The molecule has 0 bridgehead atoms. The summed E-state index contributed by atoms with van der Waals surface area (Å²) in [6.45, 7) is 7.86. The first-order chi connectivity index (χ1) is 6.54. The summed E-state index contributed by atoms with van der Waals surface area (Å²) in [4.78, 5) is 13.8. The van der Waals surface area contributed by atoms with Crippen molar-refractivity contribution in [1.82, 2.24) is 4.90 Å². The third-order valence-corrected chi connectivity index (χ3v) is 3.21. The number of alkyl halides is 1. The predicted octanol–water partition coefficient (Wildman–Crippen LogP) is 2.37. The van der Waals surface area contributed by atoms with E-state index in [1.165, 1.54) is 0 Å². The van der Waals surface area contributed by atoms with Gasteiger partial charge in [0, 0.05) is 24.9 Å². The van der Waals surface area contributed by atoms with Crippen LogP contribution in [0.25, 0.3) is 0 Å². The fourth-order valence-corrected chi connectivity index (χ4v) is 2.36. The molecule has 1 heterocycles. The molecular formula is C11H20ClNO. The molecule has 0 N–H and O–H groups in total. The highest BCUT2D eigenvalue weighted by Crippen LogP contribution is 2.23. The number of amides is 1. The van der Waals surface area contributed by atoms with Gasteiger partial charge in [0.2, 0.25) is 5.91 Å². The van der Waals surface area contributed by atoms with Crippen LogP contribution in [0.3, 0.4) is 0 Å². The van der Waals surface area contributed by atoms with E-state index in [9.17, 15) is 4.79 Å². The lowest BCUT2D eigenvalue weighted by Gasteiger charge is -2.36. The Morgan fingerprint density at radius 2 is 2.14 bits per heavy atom. The van der Waals surface area contributed by atoms with Crippen LogP contribution in [0.15, 0.2) is 0 Å². The number of hydrogen-bond acceptors (Lipinski definition) is 1. The molecule has 1 fully saturated rings. The molecule has 0 saturated carbocycles. The lowest BCUT2D eigenvalue weighted by molar-refractivity contribution is -0.137. The number of rotatable bonds is 2. The monoisotopic (exact) mass is 217 g/mol. The van der Waals surface area contributed by atoms with Crippen LogP contribution in [0.2, 0.25) is 0 Å². The third-order valence-electron chi connectivity index (χ3n) is 2.77. The summed E-state index contributed by atoms with van der Waals surface area (Å²) in [6.07, 6.45) is 1.16. The molecule has 0 aromatic heterocycles. The normalized spacial score (nSPS) is 28.2. The summed E-state index contributed by atoms with van der Waals surface area (Å²) < 4.78 is 0. The van der Waals surface area contributed by atoms with Gasteiger partial charge in [0.25, 0.3) is 0 Å². The largest absolute Gasteiger partial charge is 0.342 e. The average molecular weight is 218 g/mol. The van der Waals surface area contributed by atoms with E-state index in [2.05, 4.69) is 6.92 Å². The molecule has 1 amide bonds. The first kappa shape index (κ1) is 11.8. The second kappa shape index (κ2) is 5.01. The highest BCUT2D eigenvalue weighted by atomic mass is 35.5. The number of piperidine rings is 1. The SMILES string of the molecule is CC1CC(CCl)CN(C(=O)C(C)C)C1. The first-order valence-corrected chi connectivity index (χ1v) is 5.92. The Morgan fingerprint density at radius 1 is 1.50 bits per heavy atom. The lowest BCUT2D eigenvalue weighted by Crippen LogP contribution is -2.45. The zero-order valence-corrected chi connectivity index (χ0v) is 10.0. The van der Waals surface area contributed by atoms with Crippen molar-refractivity contribution in [3.8, 4) is 0 Å². The number of carbonyl (C=O) groups is 1. The van der Waals surface area contributed by atoms with Gasteiger partial charge in [0.1, 0.15) is 0 Å². The van der Waals surface area contributed by atoms with E-state index in [0.717, 1.165) is 19.5 Å². The van der Waals surface area contributed by atoms with Crippen LogP contribution in [0.4, 0.5) is 0 Å². The van der Waals surface area contributed by atoms with Gasteiger partial charge in [-0.25, -0.2) is 0 Å². The summed E-state index contributed by atoms with van der Waals surface area (Å²) in [5.41, 5.74) is 0. The van der Waals surface area contributed by atoms with Crippen LogP contribution < -0.4 is 0 Å². The van der Waals surface area contributed by atoms with Gasteiger partial charge >= 0.3 is 0 Å². The Hall–Kier alpha value is -0.240. The zero-order chi connectivity index (χ0) is 10.7. The van der Waals surface area contributed by atoms with Crippen molar-refractivity contribution >= 4 is 17.5 Å². The maximum atomic E-state index is 11.8. The van der Waals surface area contributed by atoms with E-state index in [0.29, 0.717) is 17.7 Å². The molecule has 1 aliphatic heterocycles. The van der Waals surface area contributed by atoms with Gasteiger partial charge < -0.3 is 4.90 Å². The molecule has 0 radical (unpaired) electrons. The number of likely N-dealkylation sites (tertiary alicyclic amines) is 1. The maximum absolute atomic E-state index is 11.8. The Labute approximate surface area is 91.6 Å². The standard InChI is InChI=1S/C11H20ClNO/c1-8(2)11(14)13-6-9(3)4-10(5-12)7-13/h8-10H,4-7H2,1-3H3. The van der Waals surface area contributed by atoms with E-state index in [4.69, 9.17) is 11.6 Å². The van der Waals surface area contributed by atoms with Gasteiger partial charge in [-0.3, -0.25) is 4.79 Å². The first-order valence-electron chi connectivity index (χ1n) is 5.39. The van der Waals surface area contributed by atoms with Crippen molar-refractivity contribution in [1.29, 1.82) is 0 Å². The van der Waals surface area contributed by atoms with Gasteiger partial charge in [-0.2, -0.15) is 0 Å². The van der Waals surface area contributed by atoms with Crippen LogP contribution in [0, 0.1) is 17.8 Å². The van der Waals surface area contributed by atoms with Gasteiger partial charge in [-0.1, -0.05) is 20.8 Å². The lowest BCUT2D eigenvalue weighted by atomic mass is 9.91. The van der Waals surface area contributed by atoms with Gasteiger partial charge in [-0.05, 0) is 18.3 Å². The zero-order valence-electron chi connectivity index (χ0n) is 9.29. The van der Waals surface area contributed by atoms with E-state index < -0.39 is 0 Å². The molecule has 82 valence electrons. The van der Waals surface area contributed by atoms with Crippen LogP contribution in [-0.4, -0.2) is 29.8 Å². The summed E-state index contributed by atoms with van der Waals surface area (Å²) in [5, 5.41) is 0. The number of hydrogen-bond donors (Lipinski definition) is 0. The van der Waals surface area contributed by atoms with Crippen molar-refractivity contribution in [2.75, 3.05) is 19.0 Å². The number of nitrogens with zero attached hydrogens (tertiary/aromatic N) is 1. The summed E-state index contributed by atoms with van der Waals surface area (Å²) >= 11 is 5.86. The Balaban J connectivity index is 2.57. The molecule has 0 aliphatic carbocycles. The minimum absolute atomic E-state index is 0.108. The van der Waals surface area contributed by atoms with Crippen LogP contribution in [0.1, 0.15) is 27.2 Å². The third kappa shape index (κ3) is 2.88. The van der Waals surface area contributed by atoms with Gasteiger partial charge in [0.05, 0.1) is 0 Å². The van der Waals surface area contributed by atoms with E-state index in [-0.39, 0.29) is 11.8 Å². The minimum atomic E-state index is 0.108. The Morgan fingerprint density at radius 3 is 2.64 bits per heavy atom. The molecule has 14 heavy (non-hydrogen) atoms. The molecular weight excluding hydrogens is 198 g/mol. The minimum Gasteiger partial charge on any atom is -0.342 e. The maximum Gasteiger partial charge on any atom is 0.225 e. The molecule has 2 nitrogen and oxygen atoms in total. The van der Waals surface area contributed by atoms with E-state index in [1.807, 2.05) is 18.7 Å². The molecule has 1 aliphatic rings. The number of carbonyl (C=O) groups excluding carboxylic acids is 1. The van der Waals surface area contributed by atoms with Crippen molar-refractivity contribution in [3.63, 3.8) is 0 Å².